The van der Waals surface area contributed by atoms with Crippen LogP contribution in [0.15, 0.2) is 18.2 Å². The molecule has 0 bridgehead atoms. The lowest BCUT2D eigenvalue weighted by Crippen LogP contribution is -2.02. The van der Waals surface area contributed by atoms with Crippen molar-refractivity contribution in [1.29, 1.82) is 0 Å². The molecule has 0 aliphatic carbocycles. The van der Waals surface area contributed by atoms with Crippen LogP contribution in [0, 0.1) is 3.57 Å². The highest BCUT2D eigenvalue weighted by atomic mass is 127. The molecule has 1 aromatic carbocycles. The molecule has 0 saturated carbocycles. The van der Waals surface area contributed by atoms with E-state index in [2.05, 4.69) is 6.92 Å². The second kappa shape index (κ2) is 12.6. The van der Waals surface area contributed by atoms with Gasteiger partial charge in [0.05, 0.1) is 12.2 Å². The molecule has 0 radical (unpaired) electrons. The van der Waals surface area contributed by atoms with Crippen molar-refractivity contribution in [1.82, 2.24) is 0 Å². The van der Waals surface area contributed by atoms with E-state index >= 15 is 0 Å². The first kappa shape index (κ1) is 20.3. The number of carbonyl (C=O) groups is 1. The van der Waals surface area contributed by atoms with E-state index in [4.69, 9.17) is 9.84 Å². The van der Waals surface area contributed by atoms with Crippen molar-refractivity contribution < 1.29 is 14.6 Å². The predicted octanol–water partition coefficient (Wildman–Crippen LogP) is 6.29. The number of hydrogen-bond acceptors (Lipinski definition) is 2. The Bertz CT molecular complexity index is 460. The lowest BCUT2D eigenvalue weighted by atomic mass is 10.1. The van der Waals surface area contributed by atoms with Crippen molar-refractivity contribution in [3.05, 3.63) is 27.3 Å². The van der Waals surface area contributed by atoms with Crippen LogP contribution in [-0.4, -0.2) is 17.7 Å². The zero-order chi connectivity index (χ0) is 16.9. The normalized spacial score (nSPS) is 10.7. The van der Waals surface area contributed by atoms with Crippen LogP contribution >= 0.6 is 22.6 Å². The molecule has 3 nitrogen and oxygen atoms in total. The molecule has 4 heteroatoms. The zero-order valence-electron chi connectivity index (χ0n) is 14.2. The summed E-state index contributed by atoms with van der Waals surface area (Å²) in [5, 5.41) is 9.09. The van der Waals surface area contributed by atoms with Gasteiger partial charge in [-0.3, -0.25) is 0 Å². The first-order chi connectivity index (χ1) is 11.1. The molecule has 0 amide bonds. The average molecular weight is 432 g/mol. The molecule has 0 aliphatic rings. The summed E-state index contributed by atoms with van der Waals surface area (Å²) in [6.07, 6.45) is 13.0. The molecule has 0 unspecified atom stereocenters. The highest BCUT2D eigenvalue weighted by Crippen LogP contribution is 2.20. The highest BCUT2D eigenvalue weighted by molar-refractivity contribution is 14.1. The molecule has 23 heavy (non-hydrogen) atoms. The van der Waals surface area contributed by atoms with E-state index in [1.54, 1.807) is 12.1 Å². The molecule has 1 rings (SSSR count). The van der Waals surface area contributed by atoms with Crippen molar-refractivity contribution in [3.63, 3.8) is 0 Å². The second-order valence-electron chi connectivity index (χ2n) is 5.98. The first-order valence-corrected chi connectivity index (χ1v) is 9.88. The quantitative estimate of drug-likeness (QED) is 0.294. The van der Waals surface area contributed by atoms with Gasteiger partial charge in [0.15, 0.2) is 0 Å². The van der Waals surface area contributed by atoms with E-state index in [9.17, 15) is 4.79 Å². The fourth-order valence-electron chi connectivity index (χ4n) is 2.54. The number of halogens is 1. The summed E-state index contributed by atoms with van der Waals surface area (Å²) in [6, 6.07) is 5.24. The van der Waals surface area contributed by atoms with Gasteiger partial charge < -0.3 is 9.84 Å². The Labute approximate surface area is 154 Å². The third-order valence-electron chi connectivity index (χ3n) is 3.93. The molecule has 130 valence electrons. The van der Waals surface area contributed by atoms with Crippen LogP contribution in [0.4, 0.5) is 0 Å². The van der Waals surface area contributed by atoms with Crippen LogP contribution in [0.5, 0.6) is 5.75 Å². The van der Waals surface area contributed by atoms with E-state index in [1.165, 1.54) is 57.8 Å². The number of ether oxygens (including phenoxy) is 1. The van der Waals surface area contributed by atoms with Crippen molar-refractivity contribution >= 4 is 28.6 Å². The SMILES string of the molecule is CCCCCCCCCCCCOc1ccc(I)c(C(=O)O)c1. The molecule has 0 saturated heterocycles. The zero-order valence-corrected chi connectivity index (χ0v) is 16.3. The van der Waals surface area contributed by atoms with Crippen LogP contribution in [0.1, 0.15) is 81.5 Å². The molecular weight excluding hydrogens is 403 g/mol. The van der Waals surface area contributed by atoms with Gasteiger partial charge in [0, 0.05) is 3.57 Å². The monoisotopic (exact) mass is 432 g/mol. The Morgan fingerprint density at radius 2 is 1.57 bits per heavy atom. The maximum absolute atomic E-state index is 11.1. The predicted molar refractivity (Wildman–Crippen MR) is 103 cm³/mol. The standard InChI is InChI=1S/C19H29IO3/c1-2-3-4-5-6-7-8-9-10-11-14-23-16-12-13-18(20)17(15-16)19(21)22/h12-13,15H,2-11,14H2,1H3,(H,21,22). The maximum atomic E-state index is 11.1. The summed E-state index contributed by atoms with van der Waals surface area (Å²) in [7, 11) is 0. The molecule has 0 aromatic heterocycles. The Hall–Kier alpha value is -0.780. The fraction of sp³-hybridized carbons (Fsp3) is 0.632. The smallest absolute Gasteiger partial charge is 0.336 e. The van der Waals surface area contributed by atoms with E-state index < -0.39 is 5.97 Å². The summed E-state index contributed by atoms with van der Waals surface area (Å²) in [5.74, 6) is -0.252. The second-order valence-corrected chi connectivity index (χ2v) is 7.14. The van der Waals surface area contributed by atoms with Crippen molar-refractivity contribution in [3.8, 4) is 5.75 Å². The summed E-state index contributed by atoms with van der Waals surface area (Å²) in [6.45, 7) is 2.91. The largest absolute Gasteiger partial charge is 0.494 e. The van der Waals surface area contributed by atoms with Gasteiger partial charge in [0.2, 0.25) is 0 Å². The van der Waals surface area contributed by atoms with E-state index in [1.807, 2.05) is 28.7 Å². The number of carboxylic acids is 1. The van der Waals surface area contributed by atoms with Gasteiger partial charge in [-0.25, -0.2) is 4.79 Å². The number of rotatable bonds is 13. The number of aromatic carboxylic acids is 1. The lowest BCUT2D eigenvalue weighted by Gasteiger charge is -2.08. The number of hydrogen-bond donors (Lipinski definition) is 1. The number of unbranched alkanes of at least 4 members (excludes halogenated alkanes) is 9. The van der Waals surface area contributed by atoms with Crippen LogP contribution in [0.3, 0.4) is 0 Å². The summed E-state index contributed by atoms with van der Waals surface area (Å²) >= 11 is 2.03. The average Bonchev–Trinajstić information content (AvgIpc) is 2.53. The highest BCUT2D eigenvalue weighted by Gasteiger charge is 2.09. The van der Waals surface area contributed by atoms with Crippen LogP contribution in [-0.2, 0) is 0 Å². The molecule has 0 heterocycles. The van der Waals surface area contributed by atoms with Crippen LogP contribution < -0.4 is 4.74 Å². The van der Waals surface area contributed by atoms with Gasteiger partial charge in [-0.1, -0.05) is 64.7 Å². The van der Waals surface area contributed by atoms with Crippen LogP contribution in [0.25, 0.3) is 0 Å². The van der Waals surface area contributed by atoms with Crippen LogP contribution in [0.2, 0.25) is 0 Å². The summed E-state index contributed by atoms with van der Waals surface area (Å²) < 4.78 is 6.39. The third-order valence-corrected chi connectivity index (χ3v) is 4.88. The van der Waals surface area contributed by atoms with Gasteiger partial charge >= 0.3 is 5.97 Å². The Morgan fingerprint density at radius 3 is 2.13 bits per heavy atom. The van der Waals surface area contributed by atoms with Crippen molar-refractivity contribution in [2.45, 2.75) is 71.1 Å². The number of carboxylic acid groups (broad SMARTS) is 1. The molecule has 0 aliphatic heterocycles. The minimum Gasteiger partial charge on any atom is -0.494 e. The van der Waals surface area contributed by atoms with Gasteiger partial charge in [0.1, 0.15) is 5.75 Å². The number of benzene rings is 1. The minimum absolute atomic E-state index is 0.311. The first-order valence-electron chi connectivity index (χ1n) is 8.80. The van der Waals surface area contributed by atoms with Crippen molar-refractivity contribution in [2.75, 3.05) is 6.61 Å². The fourth-order valence-corrected chi connectivity index (χ4v) is 3.10. The Morgan fingerprint density at radius 1 is 1.00 bits per heavy atom. The van der Waals surface area contributed by atoms with E-state index in [-0.39, 0.29) is 0 Å². The van der Waals surface area contributed by atoms with Gasteiger partial charge in [-0.15, -0.1) is 0 Å². The van der Waals surface area contributed by atoms with Crippen molar-refractivity contribution in [2.24, 2.45) is 0 Å². The maximum Gasteiger partial charge on any atom is 0.336 e. The Balaban J connectivity index is 2.05. The molecule has 0 atom stereocenters. The molecule has 0 fully saturated rings. The van der Waals surface area contributed by atoms with Gasteiger partial charge in [-0.2, -0.15) is 0 Å². The lowest BCUT2D eigenvalue weighted by molar-refractivity contribution is 0.0695. The Kier molecular flexibility index (Phi) is 11.1. The van der Waals surface area contributed by atoms with E-state index in [0.717, 1.165) is 9.99 Å². The minimum atomic E-state index is -0.904. The topological polar surface area (TPSA) is 46.5 Å². The van der Waals surface area contributed by atoms with Gasteiger partial charge in [-0.05, 0) is 47.2 Å². The molecule has 1 N–H and O–H groups in total. The molecular formula is C19H29IO3. The molecule has 1 aromatic rings. The summed E-state index contributed by atoms with van der Waals surface area (Å²) in [4.78, 5) is 11.1. The summed E-state index contributed by atoms with van der Waals surface area (Å²) in [5.41, 5.74) is 0.311. The van der Waals surface area contributed by atoms with Gasteiger partial charge in [0.25, 0.3) is 0 Å². The third kappa shape index (κ3) is 9.18. The van der Waals surface area contributed by atoms with E-state index in [0.29, 0.717) is 17.9 Å². The molecule has 0 spiro atoms.